The molecule has 1 unspecified atom stereocenters. The third-order valence-electron chi connectivity index (χ3n) is 3.29. The lowest BCUT2D eigenvalue weighted by Gasteiger charge is -2.22. The minimum absolute atomic E-state index is 0.0826. The number of rotatable bonds is 7. The van der Waals surface area contributed by atoms with Crippen molar-refractivity contribution in [3.8, 4) is 5.75 Å². The molecule has 0 aromatic carbocycles. The van der Waals surface area contributed by atoms with E-state index in [0.717, 1.165) is 28.9 Å². The number of hydrogen-bond acceptors (Lipinski definition) is 4. The first kappa shape index (κ1) is 16.5. The largest absolute Gasteiger partial charge is 0.496 e. The van der Waals surface area contributed by atoms with Crippen LogP contribution in [0, 0.1) is 0 Å². The molecule has 1 N–H and O–H groups in total. The van der Waals surface area contributed by atoms with Crippen LogP contribution in [-0.4, -0.2) is 23.4 Å². The molecule has 0 aliphatic rings. The summed E-state index contributed by atoms with van der Waals surface area (Å²) in [6, 6.07) is 2.41. The molecule has 0 fully saturated rings. The number of methoxy groups -OCH3 is 1. The molecule has 0 bridgehead atoms. The van der Waals surface area contributed by atoms with E-state index in [9.17, 15) is 0 Å². The molecular weight excluding hydrogens is 350 g/mol. The fourth-order valence-corrected chi connectivity index (χ4v) is 3.76. The Kier molecular flexibility index (Phi) is 5.84. The van der Waals surface area contributed by atoms with E-state index < -0.39 is 0 Å². The lowest BCUT2D eigenvalue weighted by molar-refractivity contribution is 0.403. The minimum atomic E-state index is 0.0826. The molecule has 21 heavy (non-hydrogen) atoms. The number of ether oxygens (including phenoxy) is 1. The van der Waals surface area contributed by atoms with Crippen LogP contribution >= 0.6 is 27.3 Å². The van der Waals surface area contributed by atoms with Gasteiger partial charge in [-0.15, -0.1) is 11.3 Å². The molecule has 6 heteroatoms. The van der Waals surface area contributed by atoms with Crippen LogP contribution < -0.4 is 10.1 Å². The van der Waals surface area contributed by atoms with Crippen molar-refractivity contribution in [2.24, 2.45) is 0 Å². The maximum atomic E-state index is 5.51. The van der Waals surface area contributed by atoms with Crippen molar-refractivity contribution in [3.63, 3.8) is 0 Å². The van der Waals surface area contributed by atoms with Gasteiger partial charge in [0.05, 0.1) is 34.4 Å². The highest BCUT2D eigenvalue weighted by Crippen LogP contribution is 2.38. The molecule has 0 aliphatic carbocycles. The van der Waals surface area contributed by atoms with E-state index in [1.54, 1.807) is 18.4 Å². The molecular formula is C15H22BrN3OS. The molecule has 0 aliphatic heterocycles. The van der Waals surface area contributed by atoms with Crippen LogP contribution in [0.5, 0.6) is 5.75 Å². The van der Waals surface area contributed by atoms with Crippen molar-refractivity contribution in [1.82, 2.24) is 15.1 Å². The van der Waals surface area contributed by atoms with E-state index in [2.05, 4.69) is 57.2 Å². The zero-order valence-corrected chi connectivity index (χ0v) is 15.3. The molecule has 0 spiro atoms. The molecule has 2 aromatic rings. The second-order valence-electron chi connectivity index (χ2n) is 5.16. The Bertz CT molecular complexity index is 579. The Hall–Kier alpha value is -0.850. The average Bonchev–Trinajstić information content (AvgIpc) is 3.07. The normalized spacial score (nSPS) is 12.9. The first-order chi connectivity index (χ1) is 10.1. The summed E-state index contributed by atoms with van der Waals surface area (Å²) in [6.45, 7) is 7.41. The predicted molar refractivity (Wildman–Crippen MR) is 91.3 cm³/mol. The van der Waals surface area contributed by atoms with Gasteiger partial charge in [0, 0.05) is 6.04 Å². The van der Waals surface area contributed by atoms with Gasteiger partial charge < -0.3 is 10.1 Å². The maximum absolute atomic E-state index is 5.51. The monoisotopic (exact) mass is 371 g/mol. The Morgan fingerprint density at radius 1 is 1.48 bits per heavy atom. The highest BCUT2D eigenvalue weighted by molar-refractivity contribution is 9.10. The van der Waals surface area contributed by atoms with Crippen molar-refractivity contribution in [2.45, 2.75) is 39.3 Å². The lowest BCUT2D eigenvalue weighted by Crippen LogP contribution is -2.26. The molecule has 116 valence electrons. The highest BCUT2D eigenvalue weighted by Gasteiger charge is 2.26. The van der Waals surface area contributed by atoms with Gasteiger partial charge in [-0.25, -0.2) is 0 Å². The first-order valence-electron chi connectivity index (χ1n) is 7.17. The van der Waals surface area contributed by atoms with Crippen molar-refractivity contribution in [2.75, 3.05) is 13.7 Å². The summed E-state index contributed by atoms with van der Waals surface area (Å²) in [4.78, 5) is 1.19. The van der Waals surface area contributed by atoms with E-state index in [4.69, 9.17) is 4.74 Å². The topological polar surface area (TPSA) is 39.1 Å². The standard InChI is InChI=1S/C15H22BrN3OS/c1-5-7-17-13(15-12(20-4)6-8-21-15)14-11(16)9-18-19(14)10(2)3/h6,8-10,13,17H,5,7H2,1-4H3. The second kappa shape index (κ2) is 7.42. The zero-order valence-electron chi connectivity index (χ0n) is 12.9. The SMILES string of the molecule is CCCNC(c1sccc1OC)c1c(Br)cnn1C(C)C. The van der Waals surface area contributed by atoms with Crippen molar-refractivity contribution in [1.29, 1.82) is 0 Å². The highest BCUT2D eigenvalue weighted by atomic mass is 79.9. The third-order valence-corrected chi connectivity index (χ3v) is 4.86. The molecule has 0 amide bonds. The number of thiophene rings is 1. The average molecular weight is 372 g/mol. The van der Waals surface area contributed by atoms with E-state index >= 15 is 0 Å². The van der Waals surface area contributed by atoms with E-state index in [-0.39, 0.29) is 6.04 Å². The van der Waals surface area contributed by atoms with Gasteiger partial charge >= 0.3 is 0 Å². The van der Waals surface area contributed by atoms with Crippen LogP contribution in [0.1, 0.15) is 49.8 Å². The zero-order chi connectivity index (χ0) is 15.4. The van der Waals surface area contributed by atoms with Crippen molar-refractivity contribution < 1.29 is 4.74 Å². The molecule has 2 heterocycles. The number of halogens is 1. The van der Waals surface area contributed by atoms with Gasteiger partial charge in [-0.05, 0) is 54.2 Å². The van der Waals surface area contributed by atoms with Gasteiger partial charge in [-0.3, -0.25) is 4.68 Å². The summed E-state index contributed by atoms with van der Waals surface area (Å²) >= 11 is 5.36. The molecule has 2 rings (SSSR count). The van der Waals surface area contributed by atoms with E-state index in [1.807, 2.05) is 12.3 Å². The van der Waals surface area contributed by atoms with Gasteiger partial charge in [-0.2, -0.15) is 5.10 Å². The van der Waals surface area contributed by atoms with Crippen molar-refractivity contribution >= 4 is 27.3 Å². The summed E-state index contributed by atoms with van der Waals surface area (Å²) in [6.07, 6.45) is 2.95. The summed E-state index contributed by atoms with van der Waals surface area (Å²) in [5.74, 6) is 0.928. The maximum Gasteiger partial charge on any atom is 0.134 e. The van der Waals surface area contributed by atoms with Gasteiger partial charge in [0.15, 0.2) is 0 Å². The summed E-state index contributed by atoms with van der Waals surface area (Å²) in [7, 11) is 1.72. The van der Waals surface area contributed by atoms with Gasteiger partial charge in [0.2, 0.25) is 0 Å². The number of aromatic nitrogens is 2. The van der Waals surface area contributed by atoms with Gasteiger partial charge in [0.25, 0.3) is 0 Å². The summed E-state index contributed by atoms with van der Waals surface area (Å²) < 4.78 is 8.60. The fourth-order valence-electron chi connectivity index (χ4n) is 2.32. The molecule has 0 radical (unpaired) electrons. The minimum Gasteiger partial charge on any atom is -0.496 e. The van der Waals surface area contributed by atoms with Crippen LogP contribution in [0.25, 0.3) is 0 Å². The van der Waals surface area contributed by atoms with Crippen LogP contribution in [0.3, 0.4) is 0 Å². The number of nitrogens with zero attached hydrogens (tertiary/aromatic N) is 2. The van der Waals surface area contributed by atoms with Gasteiger partial charge in [0.1, 0.15) is 5.75 Å². The predicted octanol–water partition coefficient (Wildman–Crippen LogP) is 4.39. The van der Waals surface area contributed by atoms with Crippen LogP contribution in [0.2, 0.25) is 0 Å². The third kappa shape index (κ3) is 3.49. The second-order valence-corrected chi connectivity index (χ2v) is 6.96. The van der Waals surface area contributed by atoms with Crippen LogP contribution in [0.4, 0.5) is 0 Å². The molecule has 4 nitrogen and oxygen atoms in total. The molecule has 0 saturated carbocycles. The Morgan fingerprint density at radius 3 is 2.86 bits per heavy atom. The van der Waals surface area contributed by atoms with Crippen molar-refractivity contribution in [3.05, 3.63) is 32.7 Å². The number of hydrogen-bond donors (Lipinski definition) is 1. The molecule has 0 saturated heterocycles. The number of nitrogens with one attached hydrogen (secondary N) is 1. The Balaban J connectivity index is 2.48. The first-order valence-corrected chi connectivity index (χ1v) is 8.85. The summed E-state index contributed by atoms with van der Waals surface area (Å²) in [5.41, 5.74) is 1.15. The van der Waals surface area contributed by atoms with Crippen LogP contribution in [-0.2, 0) is 0 Å². The Morgan fingerprint density at radius 2 is 2.24 bits per heavy atom. The van der Waals surface area contributed by atoms with Gasteiger partial charge in [-0.1, -0.05) is 6.92 Å². The smallest absolute Gasteiger partial charge is 0.134 e. The summed E-state index contributed by atoms with van der Waals surface area (Å²) in [5, 5.41) is 10.2. The lowest BCUT2D eigenvalue weighted by atomic mass is 10.1. The Labute approximate surface area is 138 Å². The quantitative estimate of drug-likeness (QED) is 0.784. The van der Waals surface area contributed by atoms with Crippen LogP contribution in [0.15, 0.2) is 22.1 Å². The fraction of sp³-hybridized carbons (Fsp3) is 0.533. The molecule has 2 aromatic heterocycles. The van der Waals surface area contributed by atoms with E-state index in [1.165, 1.54) is 4.88 Å². The van der Waals surface area contributed by atoms with E-state index in [0.29, 0.717) is 6.04 Å². The molecule has 1 atom stereocenters.